The van der Waals surface area contributed by atoms with E-state index in [-0.39, 0.29) is 18.4 Å². The monoisotopic (exact) mass is 308 g/mol. The highest BCUT2D eigenvalue weighted by molar-refractivity contribution is 7.10. The number of carboxylic acid groups (broad SMARTS) is 1. The van der Waals surface area contributed by atoms with Gasteiger partial charge in [0.1, 0.15) is 0 Å². The highest BCUT2D eigenvalue weighted by Crippen LogP contribution is 2.26. The molecule has 1 saturated heterocycles. The van der Waals surface area contributed by atoms with E-state index in [1.807, 2.05) is 11.4 Å². The molecule has 0 aromatic carbocycles. The summed E-state index contributed by atoms with van der Waals surface area (Å²) in [6.07, 6.45) is 2.60. The van der Waals surface area contributed by atoms with E-state index in [0.29, 0.717) is 6.54 Å². The molecule has 7 heteroatoms. The van der Waals surface area contributed by atoms with Crippen molar-refractivity contribution in [2.75, 3.05) is 6.54 Å². The Morgan fingerprint density at radius 1 is 1.52 bits per heavy atom. The van der Waals surface area contributed by atoms with Crippen LogP contribution in [0.1, 0.15) is 24.3 Å². The lowest BCUT2D eigenvalue weighted by molar-refractivity contribution is -0.145. The van der Waals surface area contributed by atoms with Crippen LogP contribution in [-0.4, -0.2) is 39.9 Å². The fraction of sp³-hybridized carbons (Fsp3) is 0.357. The standard InChI is InChI=1S/C14H16N2O4S/c1-14(2)13(20)15-11(17)8-16(14)7-10-9(5-6-21-10)3-4-12(18)19/h3-6H,7-8H2,1-2H3,(H,18,19)(H,15,17,20). The quantitative estimate of drug-likeness (QED) is 0.642. The molecule has 0 atom stereocenters. The van der Waals surface area contributed by atoms with Crippen molar-refractivity contribution in [3.05, 3.63) is 28.0 Å². The maximum atomic E-state index is 11.9. The van der Waals surface area contributed by atoms with E-state index < -0.39 is 11.5 Å². The molecule has 2 heterocycles. The molecule has 0 aliphatic carbocycles. The minimum absolute atomic E-state index is 0.138. The van der Waals surface area contributed by atoms with Gasteiger partial charge in [-0.2, -0.15) is 0 Å². The molecule has 1 fully saturated rings. The smallest absolute Gasteiger partial charge is 0.328 e. The molecule has 2 rings (SSSR count). The van der Waals surface area contributed by atoms with E-state index in [9.17, 15) is 14.4 Å². The Labute approximate surface area is 126 Å². The molecule has 21 heavy (non-hydrogen) atoms. The van der Waals surface area contributed by atoms with Gasteiger partial charge in [-0.05, 0) is 36.9 Å². The average molecular weight is 308 g/mol. The van der Waals surface area contributed by atoms with Gasteiger partial charge in [0.25, 0.3) is 0 Å². The fourth-order valence-corrected chi connectivity index (χ4v) is 2.93. The van der Waals surface area contributed by atoms with Crippen molar-refractivity contribution in [1.82, 2.24) is 10.2 Å². The lowest BCUT2D eigenvalue weighted by atomic mass is 9.98. The predicted molar refractivity (Wildman–Crippen MR) is 78.6 cm³/mol. The number of aliphatic carboxylic acids is 1. The molecule has 112 valence electrons. The number of carbonyl (C=O) groups is 3. The van der Waals surface area contributed by atoms with Crippen LogP contribution in [0.15, 0.2) is 17.5 Å². The van der Waals surface area contributed by atoms with Gasteiger partial charge in [0, 0.05) is 17.5 Å². The molecular formula is C14H16N2O4S. The first-order chi connectivity index (χ1) is 9.80. The molecule has 0 radical (unpaired) electrons. The summed E-state index contributed by atoms with van der Waals surface area (Å²) in [4.78, 5) is 36.7. The number of nitrogens with one attached hydrogen (secondary N) is 1. The van der Waals surface area contributed by atoms with Crippen LogP contribution in [-0.2, 0) is 20.9 Å². The van der Waals surface area contributed by atoms with Gasteiger partial charge in [-0.3, -0.25) is 19.8 Å². The number of imide groups is 1. The first-order valence-electron chi connectivity index (χ1n) is 6.37. The third-order valence-electron chi connectivity index (χ3n) is 3.45. The van der Waals surface area contributed by atoms with Crippen LogP contribution >= 0.6 is 11.3 Å². The van der Waals surface area contributed by atoms with Crippen LogP contribution in [0.25, 0.3) is 6.08 Å². The summed E-state index contributed by atoms with van der Waals surface area (Å²) in [7, 11) is 0. The van der Waals surface area contributed by atoms with Crippen LogP contribution in [0, 0.1) is 0 Å². The number of rotatable bonds is 4. The Morgan fingerprint density at radius 3 is 2.90 bits per heavy atom. The van der Waals surface area contributed by atoms with Crippen LogP contribution in [0.5, 0.6) is 0 Å². The normalized spacial score (nSPS) is 19.0. The van der Waals surface area contributed by atoms with Gasteiger partial charge in [0.05, 0.1) is 12.1 Å². The van der Waals surface area contributed by atoms with Crippen molar-refractivity contribution in [3.63, 3.8) is 0 Å². The number of carboxylic acids is 1. The second kappa shape index (κ2) is 5.79. The van der Waals surface area contributed by atoms with Crippen molar-refractivity contribution >= 4 is 35.2 Å². The molecule has 1 aliphatic rings. The molecular weight excluding hydrogens is 292 g/mol. The summed E-state index contributed by atoms with van der Waals surface area (Å²) in [6, 6.07) is 1.82. The summed E-state index contributed by atoms with van der Waals surface area (Å²) >= 11 is 1.47. The van der Waals surface area contributed by atoms with Crippen LogP contribution in [0.4, 0.5) is 0 Å². The lowest BCUT2D eigenvalue weighted by Gasteiger charge is -2.39. The molecule has 2 amide bonds. The molecule has 0 saturated carbocycles. The number of piperazine rings is 1. The third-order valence-corrected chi connectivity index (χ3v) is 4.37. The Bertz CT molecular complexity index is 618. The maximum Gasteiger partial charge on any atom is 0.328 e. The Kier molecular flexibility index (Phi) is 4.24. The predicted octanol–water partition coefficient (Wildman–Crippen LogP) is 1.08. The zero-order valence-corrected chi connectivity index (χ0v) is 12.6. The number of nitrogens with zero attached hydrogens (tertiary/aromatic N) is 1. The first-order valence-corrected chi connectivity index (χ1v) is 7.25. The Morgan fingerprint density at radius 2 is 2.24 bits per heavy atom. The first kappa shape index (κ1) is 15.4. The van der Waals surface area contributed by atoms with Crippen LogP contribution < -0.4 is 5.32 Å². The van der Waals surface area contributed by atoms with Crippen LogP contribution in [0.3, 0.4) is 0 Å². The summed E-state index contributed by atoms with van der Waals surface area (Å²) < 4.78 is 0. The summed E-state index contributed by atoms with van der Waals surface area (Å²) in [5.74, 6) is -1.66. The van der Waals surface area contributed by atoms with E-state index in [2.05, 4.69) is 5.32 Å². The Balaban J connectivity index is 2.21. The molecule has 0 bridgehead atoms. The number of hydrogen-bond acceptors (Lipinski definition) is 5. The van der Waals surface area contributed by atoms with Gasteiger partial charge in [-0.15, -0.1) is 11.3 Å². The van der Waals surface area contributed by atoms with Crippen molar-refractivity contribution in [2.24, 2.45) is 0 Å². The fourth-order valence-electron chi connectivity index (χ4n) is 2.05. The van der Waals surface area contributed by atoms with E-state index in [0.717, 1.165) is 16.5 Å². The zero-order chi connectivity index (χ0) is 15.6. The van der Waals surface area contributed by atoms with E-state index in [1.165, 1.54) is 17.4 Å². The number of thiophene rings is 1. The van der Waals surface area contributed by atoms with E-state index >= 15 is 0 Å². The molecule has 0 spiro atoms. The third kappa shape index (κ3) is 3.37. The maximum absolute atomic E-state index is 11.9. The minimum atomic E-state index is -1.01. The van der Waals surface area contributed by atoms with E-state index in [1.54, 1.807) is 18.7 Å². The van der Waals surface area contributed by atoms with Crippen LogP contribution in [0.2, 0.25) is 0 Å². The summed E-state index contributed by atoms with van der Waals surface area (Å²) in [5.41, 5.74) is 0.00252. The SMILES string of the molecule is CC1(C)C(=O)NC(=O)CN1Cc1sccc1C=CC(=O)O. The van der Waals surface area contributed by atoms with Gasteiger partial charge in [0.15, 0.2) is 0 Å². The highest BCUT2D eigenvalue weighted by Gasteiger charge is 2.40. The summed E-state index contributed by atoms with van der Waals surface area (Å²) in [5, 5.41) is 12.9. The van der Waals surface area contributed by atoms with Gasteiger partial charge in [-0.1, -0.05) is 0 Å². The van der Waals surface area contributed by atoms with Crippen molar-refractivity contribution in [1.29, 1.82) is 0 Å². The summed E-state index contributed by atoms with van der Waals surface area (Å²) in [6.45, 7) is 4.08. The second-order valence-electron chi connectivity index (χ2n) is 5.26. The van der Waals surface area contributed by atoms with Gasteiger partial charge in [0.2, 0.25) is 11.8 Å². The molecule has 1 aromatic heterocycles. The molecule has 1 aliphatic heterocycles. The van der Waals surface area contributed by atoms with Crippen molar-refractivity contribution < 1.29 is 19.5 Å². The number of hydrogen-bond donors (Lipinski definition) is 2. The molecule has 6 nitrogen and oxygen atoms in total. The largest absolute Gasteiger partial charge is 0.478 e. The highest BCUT2D eigenvalue weighted by atomic mass is 32.1. The molecule has 2 N–H and O–H groups in total. The lowest BCUT2D eigenvalue weighted by Crippen LogP contribution is -2.63. The van der Waals surface area contributed by atoms with E-state index in [4.69, 9.17) is 5.11 Å². The Hall–Kier alpha value is -1.99. The minimum Gasteiger partial charge on any atom is -0.478 e. The number of amides is 2. The van der Waals surface area contributed by atoms with Crippen molar-refractivity contribution in [3.8, 4) is 0 Å². The zero-order valence-electron chi connectivity index (χ0n) is 11.8. The second-order valence-corrected chi connectivity index (χ2v) is 6.26. The van der Waals surface area contributed by atoms with Gasteiger partial charge in [-0.25, -0.2) is 4.79 Å². The average Bonchev–Trinajstić information content (AvgIpc) is 2.81. The van der Waals surface area contributed by atoms with Gasteiger partial charge >= 0.3 is 5.97 Å². The molecule has 0 unspecified atom stereocenters. The van der Waals surface area contributed by atoms with Gasteiger partial charge < -0.3 is 5.11 Å². The topological polar surface area (TPSA) is 86.7 Å². The number of carbonyl (C=O) groups excluding carboxylic acids is 2. The van der Waals surface area contributed by atoms with Crippen molar-refractivity contribution in [2.45, 2.75) is 25.9 Å². The molecule has 1 aromatic rings.